The number of carbonyl (C=O) groups is 1. The molecule has 3 N–H and O–H groups in total. The molecule has 4 nitrogen and oxygen atoms in total. The van der Waals surface area contributed by atoms with Crippen LogP contribution >= 0.6 is 23.2 Å². The fourth-order valence-corrected chi connectivity index (χ4v) is 8.40. The van der Waals surface area contributed by atoms with Crippen LogP contribution in [0.3, 0.4) is 0 Å². The molecule has 0 saturated heterocycles. The van der Waals surface area contributed by atoms with Gasteiger partial charge in [0.1, 0.15) is 6.29 Å². The Morgan fingerprint density at radius 3 is 1.70 bits per heavy atom. The van der Waals surface area contributed by atoms with E-state index in [4.69, 9.17) is 23.2 Å². The molecule has 0 amide bonds. The zero-order valence-corrected chi connectivity index (χ0v) is 22.7. The molecule has 194 valence electrons. The van der Waals surface area contributed by atoms with E-state index in [1.54, 1.807) is 0 Å². The van der Waals surface area contributed by atoms with Crippen molar-refractivity contribution in [3.05, 3.63) is 0 Å². The Hall–Kier alpha value is 0.130. The van der Waals surface area contributed by atoms with Crippen molar-refractivity contribution in [1.82, 2.24) is 0 Å². The van der Waals surface area contributed by atoms with Gasteiger partial charge in [-0.3, -0.25) is 0 Å². The topological polar surface area (TPSA) is 77.8 Å². The van der Waals surface area contributed by atoms with Crippen LogP contribution in [0.15, 0.2) is 0 Å². The molecule has 0 spiro atoms. The third-order valence-electron chi connectivity index (χ3n) is 10.1. The van der Waals surface area contributed by atoms with Crippen molar-refractivity contribution in [2.75, 3.05) is 11.9 Å². The number of aliphatic hydroxyl groups excluding tert-OH is 3. The molecule has 0 aromatic rings. The first-order valence-electron chi connectivity index (χ1n) is 13.1. The van der Waals surface area contributed by atoms with Gasteiger partial charge in [0.15, 0.2) is 0 Å². The fourth-order valence-electron chi connectivity index (χ4n) is 8.40. The van der Waals surface area contributed by atoms with Gasteiger partial charge in [0.05, 0.1) is 17.5 Å². The first kappa shape index (κ1) is 29.4. The normalized spacial score (nSPS) is 43.7. The maximum atomic E-state index is 10.9. The summed E-state index contributed by atoms with van der Waals surface area (Å²) in [5.74, 6) is 2.59. The highest BCUT2D eigenvalue weighted by Gasteiger charge is 2.53. The lowest BCUT2D eigenvalue weighted by Crippen LogP contribution is -2.41. The number of aldehydes is 1. The monoisotopic (exact) mass is 506 g/mol. The molecule has 4 rings (SSSR count). The van der Waals surface area contributed by atoms with E-state index in [-0.39, 0.29) is 28.9 Å². The van der Waals surface area contributed by atoms with E-state index < -0.39 is 0 Å². The average Bonchev–Trinajstić information content (AvgIpc) is 3.32. The van der Waals surface area contributed by atoms with E-state index in [2.05, 4.69) is 20.8 Å². The van der Waals surface area contributed by atoms with Crippen molar-refractivity contribution in [3.8, 4) is 0 Å². The molecule has 4 fully saturated rings. The Kier molecular flexibility index (Phi) is 11.5. The second-order valence-corrected chi connectivity index (χ2v) is 12.6. The van der Waals surface area contributed by atoms with Crippen molar-refractivity contribution in [2.24, 2.45) is 46.3 Å². The van der Waals surface area contributed by atoms with E-state index in [9.17, 15) is 20.1 Å². The minimum Gasteiger partial charge on any atom is -0.396 e. The molecule has 0 aromatic heterocycles. The lowest BCUT2D eigenvalue weighted by Gasteiger charge is -2.45. The lowest BCUT2D eigenvalue weighted by molar-refractivity contribution is -0.114. The standard InChI is InChI=1S/C13H24O2.C13H22O2.CH2Cl2/c2*1-9(8-14)10-5-6-11-12(15)4-3-7-13(10,11)2;2-1-3/h9-12,14-15H,3-8H2,1-2H3;8-12,15H,3-7H2,1-2H3;1H2/t2*9?,10?,11?,12-,13+;/m00./s1. The molecule has 33 heavy (non-hydrogen) atoms. The molecule has 10 atom stereocenters. The minimum absolute atomic E-state index is 0.0837. The zero-order chi connectivity index (χ0) is 24.8. The Bertz CT molecular complexity index is 605. The van der Waals surface area contributed by atoms with Crippen LogP contribution in [0.5, 0.6) is 0 Å². The Balaban J connectivity index is 0.000000209. The second-order valence-electron chi connectivity index (χ2n) is 11.8. The molecule has 4 saturated carbocycles. The van der Waals surface area contributed by atoms with Crippen LogP contribution in [0, 0.1) is 46.3 Å². The lowest BCUT2D eigenvalue weighted by atomic mass is 9.62. The summed E-state index contributed by atoms with van der Waals surface area (Å²) in [6, 6.07) is 0. The van der Waals surface area contributed by atoms with Gasteiger partial charge < -0.3 is 20.1 Å². The van der Waals surface area contributed by atoms with Crippen LogP contribution in [0.25, 0.3) is 0 Å². The van der Waals surface area contributed by atoms with Gasteiger partial charge in [-0.25, -0.2) is 0 Å². The summed E-state index contributed by atoms with van der Waals surface area (Å²) in [6.45, 7) is 9.11. The Morgan fingerprint density at radius 2 is 1.27 bits per heavy atom. The van der Waals surface area contributed by atoms with E-state index >= 15 is 0 Å². The third kappa shape index (κ3) is 6.28. The molecular formula is C27H48Cl2O4. The van der Waals surface area contributed by atoms with Gasteiger partial charge in [0.2, 0.25) is 0 Å². The largest absolute Gasteiger partial charge is 0.396 e. The van der Waals surface area contributed by atoms with Crippen molar-refractivity contribution in [1.29, 1.82) is 0 Å². The zero-order valence-electron chi connectivity index (χ0n) is 21.2. The van der Waals surface area contributed by atoms with E-state index in [1.165, 1.54) is 19.3 Å². The summed E-state index contributed by atoms with van der Waals surface area (Å²) in [6.07, 6.45) is 12.1. The first-order valence-corrected chi connectivity index (χ1v) is 14.2. The van der Waals surface area contributed by atoms with Crippen LogP contribution in [-0.2, 0) is 4.79 Å². The van der Waals surface area contributed by atoms with Crippen molar-refractivity contribution in [2.45, 2.75) is 104 Å². The summed E-state index contributed by atoms with van der Waals surface area (Å²) in [7, 11) is 0. The number of rotatable bonds is 4. The minimum atomic E-state index is -0.118. The number of fused-ring (bicyclic) bond motifs is 2. The van der Waals surface area contributed by atoms with Crippen LogP contribution in [-0.4, -0.2) is 45.8 Å². The number of hydrogen-bond donors (Lipinski definition) is 3. The predicted molar refractivity (Wildman–Crippen MR) is 136 cm³/mol. The number of carbonyl (C=O) groups excluding carboxylic acids is 1. The molecule has 4 aliphatic carbocycles. The molecule has 0 aliphatic heterocycles. The summed E-state index contributed by atoms with van der Waals surface area (Å²) < 4.78 is 0. The van der Waals surface area contributed by atoms with E-state index in [1.807, 2.05) is 6.92 Å². The molecule has 0 radical (unpaired) electrons. The summed E-state index contributed by atoms with van der Waals surface area (Å²) >= 11 is 9.53. The van der Waals surface area contributed by atoms with Crippen LogP contribution < -0.4 is 0 Å². The van der Waals surface area contributed by atoms with Gasteiger partial charge in [-0.05, 0) is 91.8 Å². The molecule has 4 aliphatic rings. The first-order chi connectivity index (χ1) is 15.6. The van der Waals surface area contributed by atoms with Crippen molar-refractivity contribution < 1.29 is 20.1 Å². The average molecular weight is 508 g/mol. The van der Waals surface area contributed by atoms with Crippen LogP contribution in [0.2, 0.25) is 0 Å². The second kappa shape index (κ2) is 12.9. The molecule has 6 heteroatoms. The highest BCUT2D eigenvalue weighted by Crippen LogP contribution is 2.58. The van der Waals surface area contributed by atoms with Gasteiger partial charge in [0, 0.05) is 12.5 Å². The highest BCUT2D eigenvalue weighted by atomic mass is 35.5. The number of aliphatic hydroxyl groups is 3. The van der Waals surface area contributed by atoms with Gasteiger partial charge in [-0.15, -0.1) is 23.2 Å². The van der Waals surface area contributed by atoms with Crippen molar-refractivity contribution in [3.63, 3.8) is 0 Å². The van der Waals surface area contributed by atoms with E-state index in [0.29, 0.717) is 41.6 Å². The van der Waals surface area contributed by atoms with E-state index in [0.717, 1.165) is 51.2 Å². The van der Waals surface area contributed by atoms with Gasteiger partial charge in [-0.1, -0.05) is 40.5 Å². The van der Waals surface area contributed by atoms with Gasteiger partial charge in [-0.2, -0.15) is 0 Å². The molecule has 0 bridgehead atoms. The SMILES string of the molecule is CC(C=O)C1CCC2[C@@H](O)CCC[C@]12C.CC(CO)C1CCC2[C@@H](O)CCC[C@]12C.ClCCl. The number of hydrogen-bond acceptors (Lipinski definition) is 4. The van der Waals surface area contributed by atoms with Crippen LogP contribution in [0.4, 0.5) is 0 Å². The molecule has 0 aromatic carbocycles. The van der Waals surface area contributed by atoms with Gasteiger partial charge >= 0.3 is 0 Å². The molecule has 6 unspecified atom stereocenters. The predicted octanol–water partition coefficient (Wildman–Crippen LogP) is 6.01. The number of alkyl halides is 2. The fraction of sp³-hybridized carbons (Fsp3) is 0.963. The molecular weight excluding hydrogens is 459 g/mol. The Labute approximate surface area is 211 Å². The van der Waals surface area contributed by atoms with Gasteiger partial charge in [0.25, 0.3) is 0 Å². The summed E-state index contributed by atoms with van der Waals surface area (Å²) in [4.78, 5) is 10.9. The smallest absolute Gasteiger partial charge is 0.123 e. The third-order valence-corrected chi connectivity index (χ3v) is 10.1. The maximum Gasteiger partial charge on any atom is 0.123 e. The maximum absolute atomic E-state index is 10.9. The number of halogens is 2. The summed E-state index contributed by atoms with van der Waals surface area (Å²) in [5, 5.41) is 29.6. The Morgan fingerprint density at radius 1 is 0.848 bits per heavy atom. The van der Waals surface area contributed by atoms with Crippen LogP contribution in [0.1, 0.15) is 91.9 Å². The summed E-state index contributed by atoms with van der Waals surface area (Å²) in [5.41, 5.74) is 0.512. The highest BCUT2D eigenvalue weighted by molar-refractivity contribution is 6.40. The van der Waals surface area contributed by atoms with Crippen molar-refractivity contribution >= 4 is 29.5 Å². The quantitative estimate of drug-likeness (QED) is 0.322. The molecule has 0 heterocycles.